The van der Waals surface area contributed by atoms with Crippen molar-refractivity contribution < 1.29 is 4.39 Å². The minimum atomic E-state index is -0.116. The molecule has 0 saturated heterocycles. The molecule has 30 heavy (non-hydrogen) atoms. The van der Waals surface area contributed by atoms with Crippen LogP contribution in [0.5, 0.6) is 0 Å². The maximum absolute atomic E-state index is 13.0. The van der Waals surface area contributed by atoms with E-state index in [2.05, 4.69) is 6.92 Å². The predicted octanol–water partition coefficient (Wildman–Crippen LogP) is 9.51. The molecule has 3 rings (SSSR count). The molecule has 2 aliphatic carbocycles. The number of halogens is 1. The van der Waals surface area contributed by atoms with E-state index in [1.54, 1.807) is 12.1 Å². The molecule has 170 valence electrons. The summed E-state index contributed by atoms with van der Waals surface area (Å²) in [5, 5.41) is 0. The molecule has 0 atom stereocenters. The molecule has 0 unspecified atom stereocenters. The van der Waals surface area contributed by atoms with Gasteiger partial charge in [-0.25, -0.2) is 4.39 Å². The van der Waals surface area contributed by atoms with Gasteiger partial charge in [0.2, 0.25) is 0 Å². The third kappa shape index (κ3) is 8.72. The molecular weight excluding hydrogens is 367 g/mol. The Bertz CT molecular complexity index is 546. The molecule has 2 aliphatic rings. The summed E-state index contributed by atoms with van der Waals surface area (Å²) in [5.74, 6) is 3.88. The lowest BCUT2D eigenvalue weighted by atomic mass is 9.74. The third-order valence-corrected chi connectivity index (χ3v) is 8.39. The first kappa shape index (κ1) is 23.8. The van der Waals surface area contributed by atoms with Crippen molar-refractivity contribution in [1.29, 1.82) is 0 Å². The van der Waals surface area contributed by atoms with Crippen LogP contribution in [0.4, 0.5) is 4.39 Å². The van der Waals surface area contributed by atoms with Crippen LogP contribution in [-0.4, -0.2) is 0 Å². The van der Waals surface area contributed by atoms with Crippen molar-refractivity contribution in [2.24, 2.45) is 23.7 Å². The van der Waals surface area contributed by atoms with Gasteiger partial charge in [0.25, 0.3) is 0 Å². The highest BCUT2D eigenvalue weighted by Crippen LogP contribution is 2.38. The summed E-state index contributed by atoms with van der Waals surface area (Å²) >= 11 is 0. The van der Waals surface area contributed by atoms with Crippen LogP contribution in [-0.2, 0) is 6.42 Å². The number of unbranched alkanes of at least 4 members (excludes halogenated alkanes) is 4. The highest BCUT2D eigenvalue weighted by Gasteiger charge is 2.24. The molecule has 1 aromatic carbocycles. The van der Waals surface area contributed by atoms with Crippen molar-refractivity contribution >= 4 is 0 Å². The largest absolute Gasteiger partial charge is 0.207 e. The summed E-state index contributed by atoms with van der Waals surface area (Å²) in [5.41, 5.74) is 1.30. The van der Waals surface area contributed by atoms with Crippen LogP contribution in [0.3, 0.4) is 0 Å². The molecule has 1 aromatic rings. The lowest BCUT2D eigenvalue weighted by molar-refractivity contribution is 0.208. The van der Waals surface area contributed by atoms with Crippen molar-refractivity contribution in [3.05, 3.63) is 35.6 Å². The fourth-order valence-corrected chi connectivity index (χ4v) is 6.15. The third-order valence-electron chi connectivity index (χ3n) is 8.39. The average molecular weight is 415 g/mol. The summed E-state index contributed by atoms with van der Waals surface area (Å²) in [6.45, 7) is 2.31. The molecular formula is C29H47F. The first-order valence-corrected chi connectivity index (χ1v) is 13.5. The van der Waals surface area contributed by atoms with E-state index in [-0.39, 0.29) is 5.82 Å². The molecule has 0 spiro atoms. The van der Waals surface area contributed by atoms with Crippen LogP contribution in [0.1, 0.15) is 122 Å². The Hall–Kier alpha value is -0.850. The normalized spacial score (nSPS) is 27.3. The smallest absolute Gasteiger partial charge is 0.123 e. The van der Waals surface area contributed by atoms with Crippen LogP contribution in [0, 0.1) is 29.5 Å². The minimum absolute atomic E-state index is 0.116. The first-order valence-electron chi connectivity index (χ1n) is 13.5. The number of rotatable bonds is 12. The van der Waals surface area contributed by atoms with Gasteiger partial charge >= 0.3 is 0 Å². The van der Waals surface area contributed by atoms with E-state index in [9.17, 15) is 4.39 Å². The van der Waals surface area contributed by atoms with Gasteiger partial charge in [0.05, 0.1) is 0 Å². The highest BCUT2D eigenvalue weighted by atomic mass is 19.1. The molecule has 0 aromatic heterocycles. The van der Waals surface area contributed by atoms with E-state index >= 15 is 0 Å². The standard InChI is InChI=1S/C29H47F/c1-2-3-4-5-6-7-24-8-10-25(11-9-24)12-13-26-14-16-27(17-15-26)18-19-28-20-22-29(30)23-21-28/h20-27H,2-19H2,1H3/t24-,25-,26-,27-. The molecule has 2 saturated carbocycles. The second-order valence-corrected chi connectivity index (χ2v) is 10.7. The van der Waals surface area contributed by atoms with E-state index in [0.717, 1.165) is 30.1 Å². The van der Waals surface area contributed by atoms with Gasteiger partial charge in [-0.2, -0.15) is 0 Å². The first-order chi connectivity index (χ1) is 14.7. The molecule has 0 aliphatic heterocycles. The van der Waals surface area contributed by atoms with E-state index in [0.29, 0.717) is 0 Å². The monoisotopic (exact) mass is 414 g/mol. The minimum Gasteiger partial charge on any atom is -0.207 e. The molecule has 1 heteroatoms. The Morgan fingerprint density at radius 1 is 0.600 bits per heavy atom. The highest BCUT2D eigenvalue weighted by molar-refractivity contribution is 5.16. The second-order valence-electron chi connectivity index (χ2n) is 10.7. The summed E-state index contributed by atoms with van der Waals surface area (Å²) < 4.78 is 13.0. The molecule has 0 amide bonds. The Kier molecular flexibility index (Phi) is 10.7. The Labute approximate surface area is 186 Å². The second kappa shape index (κ2) is 13.5. The van der Waals surface area contributed by atoms with Gasteiger partial charge in [-0.1, -0.05) is 122 Å². The fourth-order valence-electron chi connectivity index (χ4n) is 6.15. The Balaban J connectivity index is 1.21. The van der Waals surface area contributed by atoms with Crippen molar-refractivity contribution in [3.8, 4) is 0 Å². The van der Waals surface area contributed by atoms with Crippen molar-refractivity contribution in [2.75, 3.05) is 0 Å². The summed E-state index contributed by atoms with van der Waals surface area (Å²) in [4.78, 5) is 0. The van der Waals surface area contributed by atoms with Gasteiger partial charge in [-0.15, -0.1) is 0 Å². The molecule has 0 N–H and O–H groups in total. The number of aryl methyl sites for hydroxylation is 1. The maximum atomic E-state index is 13.0. The van der Waals surface area contributed by atoms with Gasteiger partial charge in [0.1, 0.15) is 5.82 Å². The van der Waals surface area contributed by atoms with Gasteiger partial charge < -0.3 is 0 Å². The van der Waals surface area contributed by atoms with Gasteiger partial charge in [-0.3, -0.25) is 0 Å². The zero-order valence-corrected chi connectivity index (χ0v) is 19.7. The Morgan fingerprint density at radius 3 is 1.60 bits per heavy atom. The van der Waals surface area contributed by atoms with Crippen LogP contribution in [0.15, 0.2) is 24.3 Å². The summed E-state index contributed by atoms with van der Waals surface area (Å²) in [7, 11) is 0. The van der Waals surface area contributed by atoms with Crippen molar-refractivity contribution in [2.45, 2.75) is 122 Å². The van der Waals surface area contributed by atoms with E-state index < -0.39 is 0 Å². The van der Waals surface area contributed by atoms with Crippen LogP contribution in [0.25, 0.3) is 0 Å². The summed E-state index contributed by atoms with van der Waals surface area (Å²) in [6, 6.07) is 7.13. The number of hydrogen-bond acceptors (Lipinski definition) is 0. The lowest BCUT2D eigenvalue weighted by Crippen LogP contribution is -2.18. The van der Waals surface area contributed by atoms with Crippen molar-refractivity contribution in [3.63, 3.8) is 0 Å². The quantitative estimate of drug-likeness (QED) is 0.299. The molecule has 0 heterocycles. The van der Waals surface area contributed by atoms with Crippen LogP contribution < -0.4 is 0 Å². The van der Waals surface area contributed by atoms with E-state index in [4.69, 9.17) is 0 Å². The van der Waals surface area contributed by atoms with Gasteiger partial charge in [0.15, 0.2) is 0 Å². The van der Waals surface area contributed by atoms with Gasteiger partial charge in [0, 0.05) is 0 Å². The average Bonchev–Trinajstić information content (AvgIpc) is 2.79. The number of benzene rings is 1. The maximum Gasteiger partial charge on any atom is 0.123 e. The Morgan fingerprint density at radius 2 is 1.07 bits per heavy atom. The van der Waals surface area contributed by atoms with Gasteiger partial charge in [-0.05, 0) is 54.2 Å². The van der Waals surface area contributed by atoms with Crippen molar-refractivity contribution in [1.82, 2.24) is 0 Å². The van der Waals surface area contributed by atoms with E-state index in [1.807, 2.05) is 12.1 Å². The topological polar surface area (TPSA) is 0 Å². The molecule has 0 bridgehead atoms. The van der Waals surface area contributed by atoms with Crippen LogP contribution in [0.2, 0.25) is 0 Å². The predicted molar refractivity (Wildman–Crippen MR) is 128 cm³/mol. The van der Waals surface area contributed by atoms with E-state index in [1.165, 1.54) is 115 Å². The lowest BCUT2D eigenvalue weighted by Gasteiger charge is -2.32. The molecule has 0 radical (unpaired) electrons. The fraction of sp³-hybridized carbons (Fsp3) is 0.793. The SMILES string of the molecule is CCCCCCC[C@H]1CC[C@H](CC[C@H]2CC[C@H](CCc3ccc(F)cc3)CC2)CC1. The molecule has 0 nitrogen and oxygen atoms in total. The molecule has 2 fully saturated rings. The van der Waals surface area contributed by atoms with Crippen LogP contribution >= 0.6 is 0 Å². The number of hydrogen-bond donors (Lipinski definition) is 0. The summed E-state index contributed by atoms with van der Waals surface area (Å²) in [6.07, 6.45) is 26.0. The zero-order valence-electron chi connectivity index (χ0n) is 19.7. The zero-order chi connectivity index (χ0) is 21.0.